The minimum Gasteiger partial charge on any atom is -0.488 e. The Labute approximate surface area is 174 Å². The van der Waals surface area contributed by atoms with Crippen molar-refractivity contribution in [2.45, 2.75) is 37.9 Å². The molecule has 2 heterocycles. The molecule has 2 aromatic rings. The molecular formula is C22H26O8. The number of rotatable bonds is 2. The van der Waals surface area contributed by atoms with Crippen LogP contribution >= 0.6 is 0 Å². The molecule has 2 aliphatic heterocycles. The van der Waals surface area contributed by atoms with Crippen molar-refractivity contribution in [3.8, 4) is 11.5 Å². The monoisotopic (exact) mass is 418 g/mol. The molecule has 2 aliphatic rings. The molecular weight excluding hydrogens is 392 g/mol. The van der Waals surface area contributed by atoms with E-state index in [0.717, 1.165) is 37.2 Å². The Kier molecular flexibility index (Phi) is 9.11. The molecule has 2 unspecified atom stereocenters. The standard InChI is InChI=1S/2C10H12O2.C2H2O4/c2*11-7-9-6-5-8-3-1-2-4-10(8)12-9;3-1(4)2(5)6/h2*1-4,9,11H,5-7H2;(H,3,4)(H,5,6). The molecule has 0 aliphatic carbocycles. The van der Waals surface area contributed by atoms with Gasteiger partial charge in [-0.1, -0.05) is 36.4 Å². The summed E-state index contributed by atoms with van der Waals surface area (Å²) >= 11 is 0. The van der Waals surface area contributed by atoms with E-state index in [1.54, 1.807) is 0 Å². The highest BCUT2D eigenvalue weighted by atomic mass is 16.5. The number of aliphatic carboxylic acids is 2. The van der Waals surface area contributed by atoms with Crippen LogP contribution in [0.4, 0.5) is 0 Å². The third-order valence-corrected chi connectivity index (χ3v) is 4.59. The van der Waals surface area contributed by atoms with Crippen LogP contribution in [0.15, 0.2) is 48.5 Å². The van der Waals surface area contributed by atoms with E-state index in [-0.39, 0.29) is 25.4 Å². The summed E-state index contributed by atoms with van der Waals surface area (Å²) < 4.78 is 11.1. The molecule has 0 radical (unpaired) electrons. The van der Waals surface area contributed by atoms with E-state index in [1.165, 1.54) is 11.1 Å². The van der Waals surface area contributed by atoms with Gasteiger partial charge in [0, 0.05) is 0 Å². The van der Waals surface area contributed by atoms with Crippen LogP contribution in [0.5, 0.6) is 11.5 Å². The SMILES string of the molecule is O=C(O)C(=O)O.OCC1CCc2ccccc2O1.OCC1CCc2ccccc2O1. The van der Waals surface area contributed by atoms with Gasteiger partial charge in [0.15, 0.2) is 0 Å². The van der Waals surface area contributed by atoms with E-state index in [2.05, 4.69) is 12.1 Å². The van der Waals surface area contributed by atoms with Crippen LogP contribution in [-0.2, 0) is 22.4 Å². The van der Waals surface area contributed by atoms with E-state index in [0.29, 0.717) is 0 Å². The van der Waals surface area contributed by atoms with Crippen LogP contribution in [-0.4, -0.2) is 57.8 Å². The third-order valence-electron chi connectivity index (χ3n) is 4.59. The summed E-state index contributed by atoms with van der Waals surface area (Å²) in [4.78, 5) is 18.2. The predicted octanol–water partition coefficient (Wildman–Crippen LogP) is 1.90. The maximum Gasteiger partial charge on any atom is 0.414 e. The van der Waals surface area contributed by atoms with Gasteiger partial charge in [-0.05, 0) is 48.9 Å². The zero-order valence-corrected chi connectivity index (χ0v) is 16.4. The van der Waals surface area contributed by atoms with Crippen LogP contribution in [0.1, 0.15) is 24.0 Å². The van der Waals surface area contributed by atoms with Crippen LogP contribution < -0.4 is 9.47 Å². The minimum absolute atomic E-state index is 0.0000926. The molecule has 30 heavy (non-hydrogen) atoms. The zero-order valence-electron chi connectivity index (χ0n) is 16.4. The molecule has 0 saturated heterocycles. The van der Waals surface area contributed by atoms with Gasteiger partial charge in [-0.15, -0.1) is 0 Å². The predicted molar refractivity (Wildman–Crippen MR) is 108 cm³/mol. The summed E-state index contributed by atoms with van der Waals surface area (Å²) in [6.07, 6.45) is 3.88. The fraction of sp³-hybridized carbons (Fsp3) is 0.364. The van der Waals surface area contributed by atoms with E-state index in [1.807, 2.05) is 36.4 Å². The number of fused-ring (bicyclic) bond motifs is 2. The second-order valence-electron chi connectivity index (χ2n) is 6.75. The van der Waals surface area contributed by atoms with Gasteiger partial charge < -0.3 is 29.9 Å². The quantitative estimate of drug-likeness (QED) is 0.544. The maximum absolute atomic E-state index is 9.10. The molecule has 0 aromatic heterocycles. The number of aliphatic hydroxyl groups excluding tert-OH is 2. The van der Waals surface area contributed by atoms with E-state index in [9.17, 15) is 0 Å². The average molecular weight is 418 g/mol. The lowest BCUT2D eigenvalue weighted by atomic mass is 10.0. The first-order valence-corrected chi connectivity index (χ1v) is 9.61. The molecule has 8 nitrogen and oxygen atoms in total. The fourth-order valence-corrected chi connectivity index (χ4v) is 3.02. The number of aryl methyl sites for hydroxylation is 2. The number of hydrogen-bond donors (Lipinski definition) is 4. The van der Waals surface area contributed by atoms with E-state index >= 15 is 0 Å². The largest absolute Gasteiger partial charge is 0.488 e. The molecule has 0 fully saturated rings. The second kappa shape index (κ2) is 11.8. The Hall–Kier alpha value is -3.10. The number of benzene rings is 2. The number of hydrogen-bond acceptors (Lipinski definition) is 6. The number of carbonyl (C=O) groups is 2. The molecule has 2 atom stereocenters. The topological polar surface area (TPSA) is 134 Å². The van der Waals surface area contributed by atoms with Crippen LogP contribution in [0.2, 0.25) is 0 Å². The van der Waals surface area contributed by atoms with Crippen LogP contribution in [0.3, 0.4) is 0 Å². The summed E-state index contributed by atoms with van der Waals surface area (Å²) in [5, 5.41) is 32.6. The van der Waals surface area contributed by atoms with Gasteiger partial charge in [-0.25, -0.2) is 9.59 Å². The van der Waals surface area contributed by atoms with Crippen molar-refractivity contribution in [1.82, 2.24) is 0 Å². The number of carboxylic acids is 2. The highest BCUT2D eigenvalue weighted by Gasteiger charge is 2.18. The van der Waals surface area contributed by atoms with Crippen LogP contribution in [0, 0.1) is 0 Å². The van der Waals surface area contributed by atoms with Gasteiger partial charge in [0.2, 0.25) is 0 Å². The van der Waals surface area contributed by atoms with Crippen molar-refractivity contribution in [1.29, 1.82) is 0 Å². The first-order valence-electron chi connectivity index (χ1n) is 9.61. The van der Waals surface area contributed by atoms with Gasteiger partial charge in [0.25, 0.3) is 0 Å². The van der Waals surface area contributed by atoms with Gasteiger partial charge in [-0.3, -0.25) is 0 Å². The van der Waals surface area contributed by atoms with Crippen LogP contribution in [0.25, 0.3) is 0 Å². The average Bonchev–Trinajstić information content (AvgIpc) is 2.79. The van der Waals surface area contributed by atoms with Gasteiger partial charge >= 0.3 is 11.9 Å². The maximum atomic E-state index is 9.10. The summed E-state index contributed by atoms with van der Waals surface area (Å²) in [5.41, 5.74) is 2.50. The van der Waals surface area contributed by atoms with Gasteiger partial charge in [0.05, 0.1) is 13.2 Å². The molecule has 2 aromatic carbocycles. The Balaban J connectivity index is 0.000000171. The van der Waals surface area contributed by atoms with Crippen molar-refractivity contribution in [2.75, 3.05) is 13.2 Å². The highest BCUT2D eigenvalue weighted by Crippen LogP contribution is 2.27. The lowest BCUT2D eigenvalue weighted by Gasteiger charge is -2.24. The third kappa shape index (κ3) is 7.06. The first kappa shape index (κ1) is 23.2. The Morgan fingerprint density at radius 1 is 0.733 bits per heavy atom. The normalized spacial score (nSPS) is 18.5. The molecule has 162 valence electrons. The van der Waals surface area contributed by atoms with Crippen molar-refractivity contribution < 1.29 is 39.5 Å². The zero-order chi connectivity index (χ0) is 21.9. The summed E-state index contributed by atoms with van der Waals surface area (Å²) in [6, 6.07) is 16.0. The van der Waals surface area contributed by atoms with E-state index in [4.69, 9.17) is 39.5 Å². The fourth-order valence-electron chi connectivity index (χ4n) is 3.02. The Bertz CT molecular complexity index is 766. The number of carboxylic acid groups (broad SMARTS) is 2. The van der Waals surface area contributed by atoms with Crippen molar-refractivity contribution in [3.05, 3.63) is 59.7 Å². The molecule has 4 N–H and O–H groups in total. The summed E-state index contributed by atoms with van der Waals surface area (Å²) in [5.74, 6) is -1.78. The highest BCUT2D eigenvalue weighted by molar-refractivity contribution is 6.27. The minimum atomic E-state index is -1.82. The number of aliphatic hydroxyl groups is 2. The molecule has 0 amide bonds. The molecule has 8 heteroatoms. The number of para-hydroxylation sites is 2. The molecule has 4 rings (SSSR count). The Morgan fingerprint density at radius 3 is 1.43 bits per heavy atom. The lowest BCUT2D eigenvalue weighted by molar-refractivity contribution is -0.159. The lowest BCUT2D eigenvalue weighted by Crippen LogP contribution is -2.25. The summed E-state index contributed by atoms with van der Waals surface area (Å²) in [6.45, 7) is 0.239. The van der Waals surface area contributed by atoms with E-state index < -0.39 is 11.9 Å². The first-order chi connectivity index (χ1) is 14.4. The van der Waals surface area contributed by atoms with Gasteiger partial charge in [0.1, 0.15) is 23.7 Å². The smallest absolute Gasteiger partial charge is 0.414 e. The molecule has 0 spiro atoms. The summed E-state index contributed by atoms with van der Waals surface area (Å²) in [7, 11) is 0. The van der Waals surface area contributed by atoms with Crippen molar-refractivity contribution >= 4 is 11.9 Å². The van der Waals surface area contributed by atoms with Crippen molar-refractivity contribution in [2.24, 2.45) is 0 Å². The van der Waals surface area contributed by atoms with Crippen molar-refractivity contribution in [3.63, 3.8) is 0 Å². The Morgan fingerprint density at radius 2 is 1.10 bits per heavy atom. The number of ether oxygens (including phenoxy) is 2. The second-order valence-corrected chi connectivity index (χ2v) is 6.75. The molecule has 0 saturated carbocycles. The molecule has 0 bridgehead atoms. The van der Waals surface area contributed by atoms with Gasteiger partial charge in [-0.2, -0.15) is 0 Å².